The lowest BCUT2D eigenvalue weighted by molar-refractivity contribution is -0.146. The normalized spacial score (nSPS) is 14.1. The molecule has 0 aromatic carbocycles. The van der Waals surface area contributed by atoms with Crippen molar-refractivity contribution < 1.29 is 19.1 Å². The molecule has 0 saturated carbocycles. The summed E-state index contributed by atoms with van der Waals surface area (Å²) in [7, 11) is 1.34. The van der Waals surface area contributed by atoms with Gasteiger partial charge in [0.15, 0.2) is 0 Å². The van der Waals surface area contributed by atoms with Crippen LogP contribution in [0.3, 0.4) is 0 Å². The zero-order valence-corrected chi connectivity index (χ0v) is 9.70. The Kier molecular flexibility index (Phi) is 6.70. The predicted molar refractivity (Wildman–Crippen MR) is 55.3 cm³/mol. The molecule has 0 aliphatic carbocycles. The highest BCUT2D eigenvalue weighted by molar-refractivity contribution is 5.75. The molecule has 0 heterocycles. The van der Waals surface area contributed by atoms with Crippen LogP contribution < -0.4 is 5.32 Å². The van der Waals surface area contributed by atoms with Gasteiger partial charge in [0.2, 0.25) is 0 Å². The van der Waals surface area contributed by atoms with Crippen LogP contribution in [0.25, 0.3) is 0 Å². The zero-order chi connectivity index (χ0) is 11.8. The van der Waals surface area contributed by atoms with Crippen molar-refractivity contribution in [3.63, 3.8) is 0 Å². The summed E-state index contributed by atoms with van der Waals surface area (Å²) in [6.07, 6.45) is 0.236. The zero-order valence-electron chi connectivity index (χ0n) is 9.70. The Bertz CT molecular complexity index is 217. The average molecular weight is 217 g/mol. The van der Waals surface area contributed by atoms with Gasteiger partial charge in [0.1, 0.15) is 6.04 Å². The minimum Gasteiger partial charge on any atom is -0.469 e. The van der Waals surface area contributed by atoms with E-state index in [2.05, 4.69) is 10.1 Å². The molecule has 0 bridgehead atoms. The van der Waals surface area contributed by atoms with Crippen LogP contribution in [-0.4, -0.2) is 37.7 Å². The Morgan fingerprint density at radius 3 is 2.40 bits per heavy atom. The van der Waals surface area contributed by atoms with Gasteiger partial charge in [-0.15, -0.1) is 0 Å². The Hall–Kier alpha value is -1.10. The van der Waals surface area contributed by atoms with Crippen LogP contribution in [-0.2, 0) is 19.1 Å². The monoisotopic (exact) mass is 217 g/mol. The summed E-state index contributed by atoms with van der Waals surface area (Å²) in [5.74, 6) is -0.611. The number of methoxy groups -OCH3 is 1. The number of nitrogens with one attached hydrogen (secondary N) is 1. The standard InChI is InChI=1S/C10H19NO4/c1-5-15-10(13)8(3)11-7(2)6-9(12)14-4/h7-8,11H,5-6H2,1-4H3. The van der Waals surface area contributed by atoms with Crippen molar-refractivity contribution in [3.05, 3.63) is 0 Å². The molecule has 15 heavy (non-hydrogen) atoms. The third kappa shape index (κ3) is 6.06. The fourth-order valence-corrected chi connectivity index (χ4v) is 1.15. The van der Waals surface area contributed by atoms with Gasteiger partial charge < -0.3 is 14.8 Å². The number of esters is 2. The van der Waals surface area contributed by atoms with Gasteiger partial charge >= 0.3 is 11.9 Å². The Balaban J connectivity index is 3.89. The van der Waals surface area contributed by atoms with Gasteiger partial charge in [0.05, 0.1) is 20.1 Å². The number of rotatable bonds is 6. The predicted octanol–water partition coefficient (Wildman–Crippen LogP) is 0.479. The Labute approximate surface area is 90.1 Å². The van der Waals surface area contributed by atoms with Gasteiger partial charge in [-0.1, -0.05) is 0 Å². The molecule has 0 fully saturated rings. The maximum absolute atomic E-state index is 11.2. The molecule has 0 aromatic rings. The van der Waals surface area contributed by atoms with Crippen molar-refractivity contribution in [2.45, 2.75) is 39.3 Å². The molecule has 0 aliphatic rings. The second kappa shape index (κ2) is 7.23. The number of ether oxygens (including phenoxy) is 2. The van der Waals surface area contributed by atoms with Gasteiger partial charge in [-0.3, -0.25) is 9.59 Å². The first-order valence-corrected chi connectivity index (χ1v) is 5.00. The quantitative estimate of drug-likeness (QED) is 0.655. The molecule has 0 radical (unpaired) electrons. The number of hydrogen-bond donors (Lipinski definition) is 1. The summed E-state index contributed by atoms with van der Waals surface area (Å²) in [5.41, 5.74) is 0. The average Bonchev–Trinajstić information content (AvgIpc) is 2.17. The van der Waals surface area contributed by atoms with E-state index >= 15 is 0 Å². The van der Waals surface area contributed by atoms with E-state index in [0.29, 0.717) is 6.61 Å². The highest BCUT2D eigenvalue weighted by Crippen LogP contribution is 1.97. The fourth-order valence-electron chi connectivity index (χ4n) is 1.15. The van der Waals surface area contributed by atoms with Crippen molar-refractivity contribution in [1.82, 2.24) is 5.32 Å². The van der Waals surface area contributed by atoms with E-state index in [1.807, 2.05) is 6.92 Å². The van der Waals surface area contributed by atoms with Crippen LogP contribution in [0.4, 0.5) is 0 Å². The molecule has 5 heteroatoms. The summed E-state index contributed by atoms with van der Waals surface area (Å²) in [6.45, 7) is 5.62. The molecule has 2 unspecified atom stereocenters. The minimum absolute atomic E-state index is 0.114. The van der Waals surface area contributed by atoms with Gasteiger partial charge in [0.25, 0.3) is 0 Å². The summed E-state index contributed by atoms with van der Waals surface area (Å²) < 4.78 is 9.33. The molecule has 2 atom stereocenters. The lowest BCUT2D eigenvalue weighted by atomic mass is 10.2. The van der Waals surface area contributed by atoms with Gasteiger partial charge in [-0.05, 0) is 20.8 Å². The molecule has 0 aromatic heterocycles. The third-order valence-electron chi connectivity index (χ3n) is 1.88. The van der Waals surface area contributed by atoms with Crippen molar-refractivity contribution in [2.24, 2.45) is 0 Å². The van der Waals surface area contributed by atoms with Crippen molar-refractivity contribution >= 4 is 11.9 Å². The van der Waals surface area contributed by atoms with Crippen LogP contribution in [0.15, 0.2) is 0 Å². The summed E-state index contributed by atoms with van der Waals surface area (Å²) in [5, 5.41) is 2.95. The van der Waals surface area contributed by atoms with E-state index < -0.39 is 6.04 Å². The smallest absolute Gasteiger partial charge is 0.322 e. The maximum atomic E-state index is 11.2. The fraction of sp³-hybridized carbons (Fsp3) is 0.800. The van der Waals surface area contributed by atoms with Crippen molar-refractivity contribution in [2.75, 3.05) is 13.7 Å². The second-order valence-electron chi connectivity index (χ2n) is 3.32. The van der Waals surface area contributed by atoms with Crippen LogP contribution in [0.1, 0.15) is 27.2 Å². The molecular formula is C10H19NO4. The topological polar surface area (TPSA) is 64.6 Å². The Morgan fingerprint density at radius 1 is 1.33 bits per heavy atom. The van der Waals surface area contributed by atoms with Crippen LogP contribution in [0, 0.1) is 0 Å². The van der Waals surface area contributed by atoms with E-state index in [1.165, 1.54) is 7.11 Å². The van der Waals surface area contributed by atoms with E-state index in [9.17, 15) is 9.59 Å². The summed E-state index contributed by atoms with van der Waals surface area (Å²) in [4.78, 5) is 22.2. The summed E-state index contributed by atoms with van der Waals surface area (Å²) in [6, 6.07) is -0.526. The van der Waals surface area contributed by atoms with E-state index in [0.717, 1.165) is 0 Å². The third-order valence-corrected chi connectivity index (χ3v) is 1.88. The molecule has 0 saturated heterocycles. The molecule has 1 N–H and O–H groups in total. The molecular weight excluding hydrogens is 198 g/mol. The maximum Gasteiger partial charge on any atom is 0.322 e. The van der Waals surface area contributed by atoms with Gasteiger partial charge in [0, 0.05) is 6.04 Å². The molecule has 0 aliphatic heterocycles. The minimum atomic E-state index is -0.412. The first-order chi connectivity index (χ1) is 7.01. The lowest BCUT2D eigenvalue weighted by Gasteiger charge is -2.17. The molecule has 0 spiro atoms. The second-order valence-corrected chi connectivity index (χ2v) is 3.32. The first-order valence-electron chi connectivity index (χ1n) is 5.00. The SMILES string of the molecule is CCOC(=O)C(C)NC(C)CC(=O)OC. The highest BCUT2D eigenvalue weighted by atomic mass is 16.5. The van der Waals surface area contributed by atoms with E-state index in [-0.39, 0.29) is 24.4 Å². The summed E-state index contributed by atoms with van der Waals surface area (Å²) >= 11 is 0. The largest absolute Gasteiger partial charge is 0.469 e. The Morgan fingerprint density at radius 2 is 1.93 bits per heavy atom. The number of hydrogen-bond acceptors (Lipinski definition) is 5. The first kappa shape index (κ1) is 13.9. The van der Waals surface area contributed by atoms with Crippen LogP contribution in [0.5, 0.6) is 0 Å². The highest BCUT2D eigenvalue weighted by Gasteiger charge is 2.17. The van der Waals surface area contributed by atoms with Crippen LogP contribution >= 0.6 is 0 Å². The number of carbonyl (C=O) groups is 2. The number of carbonyl (C=O) groups excluding carboxylic acids is 2. The molecule has 5 nitrogen and oxygen atoms in total. The van der Waals surface area contributed by atoms with Gasteiger partial charge in [-0.25, -0.2) is 0 Å². The van der Waals surface area contributed by atoms with E-state index in [4.69, 9.17) is 4.74 Å². The van der Waals surface area contributed by atoms with Crippen molar-refractivity contribution in [1.29, 1.82) is 0 Å². The van der Waals surface area contributed by atoms with E-state index in [1.54, 1.807) is 13.8 Å². The molecule has 0 rings (SSSR count). The lowest BCUT2D eigenvalue weighted by Crippen LogP contribution is -2.41. The molecule has 88 valence electrons. The van der Waals surface area contributed by atoms with Crippen molar-refractivity contribution in [3.8, 4) is 0 Å². The van der Waals surface area contributed by atoms with Gasteiger partial charge in [-0.2, -0.15) is 0 Å². The van der Waals surface area contributed by atoms with Crippen LogP contribution in [0.2, 0.25) is 0 Å². The molecule has 0 amide bonds.